The van der Waals surface area contributed by atoms with Crippen LogP contribution in [0.1, 0.15) is 31.2 Å². The Morgan fingerprint density at radius 3 is 2.65 bits per heavy atom. The third kappa shape index (κ3) is 2.99. The summed E-state index contributed by atoms with van der Waals surface area (Å²) in [7, 11) is 1.94. The van der Waals surface area contributed by atoms with Crippen molar-refractivity contribution in [3.05, 3.63) is 35.7 Å². The van der Waals surface area contributed by atoms with E-state index in [1.165, 1.54) is 18.4 Å². The average molecular weight is 272 g/mol. The zero-order valence-corrected chi connectivity index (χ0v) is 12.0. The number of hydrogen-bond donors (Lipinski definition) is 1. The molecule has 1 aromatic heterocycles. The first-order chi connectivity index (χ1) is 9.76. The van der Waals surface area contributed by atoms with Crippen LogP contribution in [0.3, 0.4) is 0 Å². The van der Waals surface area contributed by atoms with Gasteiger partial charge in [0.05, 0.1) is 6.54 Å². The summed E-state index contributed by atoms with van der Waals surface area (Å²) in [5.41, 5.74) is 2.37. The van der Waals surface area contributed by atoms with Gasteiger partial charge in [-0.05, 0) is 37.0 Å². The second-order valence-electron chi connectivity index (χ2n) is 5.21. The molecular weight excluding hydrogens is 252 g/mol. The van der Waals surface area contributed by atoms with Gasteiger partial charge in [-0.25, -0.2) is 0 Å². The number of anilines is 2. The van der Waals surface area contributed by atoms with E-state index in [2.05, 4.69) is 46.7 Å². The summed E-state index contributed by atoms with van der Waals surface area (Å²) >= 11 is 0. The minimum Gasteiger partial charge on any atom is -0.406 e. The summed E-state index contributed by atoms with van der Waals surface area (Å²) in [4.78, 5) is 1.91. The topological polar surface area (TPSA) is 54.2 Å². The van der Waals surface area contributed by atoms with E-state index in [0.717, 1.165) is 12.1 Å². The van der Waals surface area contributed by atoms with E-state index in [1.807, 2.05) is 11.9 Å². The first-order valence-electron chi connectivity index (χ1n) is 7.14. The first kappa shape index (κ1) is 13.1. The van der Waals surface area contributed by atoms with Gasteiger partial charge in [-0.15, -0.1) is 5.10 Å². The normalized spacial score (nSPS) is 14.5. The number of nitrogens with zero attached hydrogens (tertiary/aromatic N) is 3. The highest BCUT2D eigenvalue weighted by Gasteiger charge is 2.21. The molecule has 106 valence electrons. The van der Waals surface area contributed by atoms with Crippen molar-refractivity contribution in [3.63, 3.8) is 0 Å². The molecule has 1 saturated carbocycles. The number of nitrogens with one attached hydrogen (secondary N) is 1. The lowest BCUT2D eigenvalue weighted by molar-refractivity contribution is 0.471. The van der Waals surface area contributed by atoms with Crippen molar-refractivity contribution in [2.75, 3.05) is 11.9 Å². The number of rotatable bonds is 6. The van der Waals surface area contributed by atoms with Gasteiger partial charge in [-0.3, -0.25) is 4.90 Å². The van der Waals surface area contributed by atoms with Crippen LogP contribution < -0.4 is 10.2 Å². The predicted octanol–water partition coefficient (Wildman–Crippen LogP) is 2.65. The number of aromatic nitrogens is 2. The molecule has 2 aromatic rings. The standard InChI is InChI=1S/C15H20N4O/c1-3-11-4-8-13(9-5-11)19(2)15-18-17-14(20-15)10-16-12-6-7-12/h4-5,8-9,12,16H,3,6-7,10H2,1-2H3. The van der Waals surface area contributed by atoms with Gasteiger partial charge < -0.3 is 9.73 Å². The summed E-state index contributed by atoms with van der Waals surface area (Å²) in [6.07, 6.45) is 3.55. The Balaban J connectivity index is 1.66. The fraction of sp³-hybridized carbons (Fsp3) is 0.467. The lowest BCUT2D eigenvalue weighted by Crippen LogP contribution is -2.15. The van der Waals surface area contributed by atoms with E-state index in [-0.39, 0.29) is 0 Å². The maximum Gasteiger partial charge on any atom is 0.322 e. The van der Waals surface area contributed by atoms with Crippen molar-refractivity contribution in [2.24, 2.45) is 0 Å². The van der Waals surface area contributed by atoms with Gasteiger partial charge in [0.15, 0.2) is 0 Å². The van der Waals surface area contributed by atoms with Crippen LogP contribution in [0.15, 0.2) is 28.7 Å². The Morgan fingerprint density at radius 2 is 2.00 bits per heavy atom. The molecule has 1 fully saturated rings. The van der Waals surface area contributed by atoms with Crippen molar-refractivity contribution in [1.29, 1.82) is 0 Å². The van der Waals surface area contributed by atoms with Gasteiger partial charge in [0.2, 0.25) is 5.89 Å². The van der Waals surface area contributed by atoms with Crippen molar-refractivity contribution >= 4 is 11.7 Å². The maximum absolute atomic E-state index is 5.68. The average Bonchev–Trinajstić information content (AvgIpc) is 3.21. The summed E-state index contributed by atoms with van der Waals surface area (Å²) in [6, 6.07) is 9.57. The third-order valence-corrected chi connectivity index (χ3v) is 3.59. The highest BCUT2D eigenvalue weighted by Crippen LogP contribution is 2.23. The molecule has 1 aliphatic carbocycles. The molecule has 0 amide bonds. The molecule has 20 heavy (non-hydrogen) atoms. The van der Waals surface area contributed by atoms with E-state index in [9.17, 15) is 0 Å². The second kappa shape index (κ2) is 5.63. The van der Waals surface area contributed by atoms with Crippen LogP contribution in [0.2, 0.25) is 0 Å². The largest absolute Gasteiger partial charge is 0.406 e. The molecule has 0 saturated heterocycles. The molecule has 5 nitrogen and oxygen atoms in total. The minimum absolute atomic E-state index is 0.529. The Hall–Kier alpha value is -1.88. The molecule has 0 radical (unpaired) electrons. The van der Waals surface area contributed by atoms with E-state index in [1.54, 1.807) is 0 Å². The Morgan fingerprint density at radius 1 is 1.25 bits per heavy atom. The van der Waals surface area contributed by atoms with Crippen LogP contribution in [0.4, 0.5) is 11.7 Å². The molecule has 0 aliphatic heterocycles. The van der Waals surface area contributed by atoms with Crippen LogP contribution in [0.5, 0.6) is 0 Å². The monoisotopic (exact) mass is 272 g/mol. The van der Waals surface area contributed by atoms with Crippen molar-refractivity contribution in [3.8, 4) is 0 Å². The van der Waals surface area contributed by atoms with Crippen molar-refractivity contribution in [1.82, 2.24) is 15.5 Å². The molecule has 1 heterocycles. The molecule has 5 heteroatoms. The van der Waals surface area contributed by atoms with E-state index < -0.39 is 0 Å². The molecule has 0 spiro atoms. The van der Waals surface area contributed by atoms with Gasteiger partial charge >= 0.3 is 6.01 Å². The number of benzene rings is 1. The fourth-order valence-electron chi connectivity index (χ4n) is 2.04. The van der Waals surface area contributed by atoms with Gasteiger partial charge in [-0.1, -0.05) is 24.2 Å². The fourth-order valence-corrected chi connectivity index (χ4v) is 2.04. The Bertz CT molecular complexity index is 560. The molecule has 0 bridgehead atoms. The first-order valence-corrected chi connectivity index (χ1v) is 7.14. The van der Waals surface area contributed by atoms with Crippen LogP contribution >= 0.6 is 0 Å². The lowest BCUT2D eigenvalue weighted by atomic mass is 10.1. The number of hydrogen-bond acceptors (Lipinski definition) is 5. The lowest BCUT2D eigenvalue weighted by Gasteiger charge is -2.14. The third-order valence-electron chi connectivity index (χ3n) is 3.59. The summed E-state index contributed by atoms with van der Waals surface area (Å²) < 4.78 is 5.68. The Kier molecular flexibility index (Phi) is 3.69. The number of aryl methyl sites for hydroxylation is 1. The maximum atomic E-state index is 5.68. The zero-order valence-electron chi connectivity index (χ0n) is 12.0. The van der Waals surface area contributed by atoms with Gasteiger partial charge in [0.1, 0.15) is 0 Å². The molecule has 0 atom stereocenters. The van der Waals surface area contributed by atoms with Crippen molar-refractivity contribution in [2.45, 2.75) is 38.8 Å². The zero-order chi connectivity index (χ0) is 13.9. The molecule has 3 rings (SSSR count). The summed E-state index contributed by atoms with van der Waals surface area (Å²) in [6.45, 7) is 2.80. The highest BCUT2D eigenvalue weighted by atomic mass is 16.4. The molecule has 1 aromatic carbocycles. The van der Waals surface area contributed by atoms with E-state index in [0.29, 0.717) is 24.5 Å². The molecule has 1 N–H and O–H groups in total. The van der Waals surface area contributed by atoms with Gasteiger partial charge in [-0.2, -0.15) is 0 Å². The molecule has 0 unspecified atom stereocenters. The van der Waals surface area contributed by atoms with Gasteiger partial charge in [0, 0.05) is 18.8 Å². The summed E-state index contributed by atoms with van der Waals surface area (Å²) in [5, 5.41) is 11.5. The second-order valence-corrected chi connectivity index (χ2v) is 5.21. The smallest absolute Gasteiger partial charge is 0.322 e. The van der Waals surface area contributed by atoms with Crippen LogP contribution in [0.25, 0.3) is 0 Å². The van der Waals surface area contributed by atoms with E-state index in [4.69, 9.17) is 4.42 Å². The van der Waals surface area contributed by atoms with Gasteiger partial charge in [0.25, 0.3) is 0 Å². The van der Waals surface area contributed by atoms with Crippen LogP contribution in [-0.4, -0.2) is 23.3 Å². The Labute approximate surface area is 119 Å². The molecular formula is C15H20N4O. The van der Waals surface area contributed by atoms with Crippen LogP contribution in [0, 0.1) is 0 Å². The highest BCUT2D eigenvalue weighted by molar-refractivity contribution is 5.55. The molecule has 1 aliphatic rings. The SMILES string of the molecule is CCc1ccc(N(C)c2nnc(CNC3CC3)o2)cc1. The minimum atomic E-state index is 0.529. The van der Waals surface area contributed by atoms with E-state index >= 15 is 0 Å². The van der Waals surface area contributed by atoms with Crippen molar-refractivity contribution < 1.29 is 4.42 Å². The summed E-state index contributed by atoms with van der Waals surface area (Å²) in [5.74, 6) is 0.643. The van der Waals surface area contributed by atoms with Crippen LogP contribution in [-0.2, 0) is 13.0 Å². The quantitative estimate of drug-likeness (QED) is 0.876. The predicted molar refractivity (Wildman–Crippen MR) is 78.0 cm³/mol.